The number of rotatable bonds is 6. The normalized spacial score (nSPS) is 10.1. The van der Waals surface area contributed by atoms with Crippen molar-refractivity contribution in [3.05, 3.63) is 47.5 Å². The number of methoxy groups -OCH3 is 3. The highest BCUT2D eigenvalue weighted by molar-refractivity contribution is 5.52. The molecule has 0 amide bonds. The maximum Gasteiger partial charge on any atom is 0.127 e. The summed E-state index contributed by atoms with van der Waals surface area (Å²) in [7, 11) is 4.99. The summed E-state index contributed by atoms with van der Waals surface area (Å²) in [5, 5.41) is 3.39. The van der Waals surface area contributed by atoms with E-state index in [4.69, 9.17) is 14.2 Å². The van der Waals surface area contributed by atoms with Crippen molar-refractivity contribution in [1.29, 1.82) is 0 Å². The van der Waals surface area contributed by atoms with E-state index in [2.05, 4.69) is 11.4 Å². The van der Waals surface area contributed by atoms with Gasteiger partial charge in [-0.3, -0.25) is 0 Å². The average Bonchev–Trinajstić information content (AvgIpc) is 2.52. The van der Waals surface area contributed by atoms with Gasteiger partial charge in [0, 0.05) is 23.9 Å². The van der Waals surface area contributed by atoms with Crippen molar-refractivity contribution in [3.8, 4) is 17.2 Å². The molecular formula is C17H21NO3. The summed E-state index contributed by atoms with van der Waals surface area (Å²) in [6, 6.07) is 11.8. The van der Waals surface area contributed by atoms with Crippen molar-refractivity contribution < 1.29 is 14.2 Å². The molecule has 2 aromatic carbocycles. The van der Waals surface area contributed by atoms with Gasteiger partial charge in [0.2, 0.25) is 0 Å². The molecule has 0 saturated heterocycles. The third kappa shape index (κ3) is 3.60. The molecule has 1 N–H and O–H groups in total. The predicted molar refractivity (Wildman–Crippen MR) is 84.6 cm³/mol. The first kappa shape index (κ1) is 15.0. The minimum atomic E-state index is 0.680. The lowest BCUT2D eigenvalue weighted by atomic mass is 10.1. The molecule has 2 aromatic rings. The zero-order chi connectivity index (χ0) is 15.2. The van der Waals surface area contributed by atoms with E-state index in [-0.39, 0.29) is 0 Å². The van der Waals surface area contributed by atoms with Crippen molar-refractivity contribution in [2.75, 3.05) is 26.6 Å². The van der Waals surface area contributed by atoms with Crippen LogP contribution < -0.4 is 19.5 Å². The summed E-state index contributed by atoms with van der Waals surface area (Å²) < 4.78 is 15.9. The molecule has 0 unspecified atom stereocenters. The first-order chi connectivity index (χ1) is 10.2. The number of aryl methyl sites for hydroxylation is 1. The predicted octanol–water partition coefficient (Wildman–Crippen LogP) is 3.63. The Morgan fingerprint density at radius 3 is 2.24 bits per heavy atom. The van der Waals surface area contributed by atoms with E-state index in [1.165, 1.54) is 0 Å². The van der Waals surface area contributed by atoms with E-state index in [0.717, 1.165) is 34.1 Å². The molecule has 112 valence electrons. The fraction of sp³-hybridized carbons (Fsp3) is 0.294. The summed E-state index contributed by atoms with van der Waals surface area (Å²) in [4.78, 5) is 0. The van der Waals surface area contributed by atoms with Gasteiger partial charge in [0.05, 0.1) is 21.3 Å². The van der Waals surface area contributed by atoms with Gasteiger partial charge < -0.3 is 19.5 Å². The van der Waals surface area contributed by atoms with Gasteiger partial charge in [-0.1, -0.05) is 0 Å². The smallest absolute Gasteiger partial charge is 0.127 e. The Bertz CT molecular complexity index is 611. The molecule has 0 heterocycles. The first-order valence-electron chi connectivity index (χ1n) is 6.77. The Morgan fingerprint density at radius 2 is 1.62 bits per heavy atom. The lowest BCUT2D eigenvalue weighted by Gasteiger charge is -2.13. The molecule has 0 aromatic heterocycles. The molecule has 0 aliphatic carbocycles. The molecule has 0 aliphatic rings. The van der Waals surface area contributed by atoms with Crippen LogP contribution in [-0.4, -0.2) is 21.3 Å². The topological polar surface area (TPSA) is 39.7 Å². The molecule has 2 rings (SSSR count). The Balaban J connectivity index is 2.10. The molecule has 0 saturated carbocycles. The molecule has 21 heavy (non-hydrogen) atoms. The van der Waals surface area contributed by atoms with Gasteiger partial charge in [0.15, 0.2) is 0 Å². The summed E-state index contributed by atoms with van der Waals surface area (Å²) in [6.07, 6.45) is 0. The van der Waals surface area contributed by atoms with Gasteiger partial charge in [-0.05, 0) is 42.8 Å². The number of hydrogen-bond donors (Lipinski definition) is 1. The van der Waals surface area contributed by atoms with E-state index in [1.54, 1.807) is 21.3 Å². The van der Waals surface area contributed by atoms with Crippen LogP contribution in [0.2, 0.25) is 0 Å². The number of ether oxygens (including phenoxy) is 3. The zero-order valence-electron chi connectivity index (χ0n) is 12.9. The molecule has 4 nitrogen and oxygen atoms in total. The maximum atomic E-state index is 5.40. The first-order valence-corrected chi connectivity index (χ1v) is 6.77. The van der Waals surface area contributed by atoms with Crippen LogP contribution in [0.5, 0.6) is 17.2 Å². The van der Waals surface area contributed by atoms with Crippen LogP contribution >= 0.6 is 0 Å². The maximum absolute atomic E-state index is 5.40. The molecule has 0 fully saturated rings. The van der Waals surface area contributed by atoms with Crippen LogP contribution in [-0.2, 0) is 6.54 Å². The minimum absolute atomic E-state index is 0.680. The van der Waals surface area contributed by atoms with Gasteiger partial charge in [0.1, 0.15) is 17.2 Å². The number of benzene rings is 2. The van der Waals surface area contributed by atoms with Gasteiger partial charge >= 0.3 is 0 Å². The van der Waals surface area contributed by atoms with Gasteiger partial charge in [-0.15, -0.1) is 0 Å². The van der Waals surface area contributed by atoms with Crippen LogP contribution in [0.25, 0.3) is 0 Å². The summed E-state index contributed by atoms with van der Waals surface area (Å²) in [5.41, 5.74) is 3.22. The van der Waals surface area contributed by atoms with Gasteiger partial charge in [-0.25, -0.2) is 0 Å². The average molecular weight is 287 g/mol. The third-order valence-electron chi connectivity index (χ3n) is 3.37. The quantitative estimate of drug-likeness (QED) is 0.880. The second-order valence-corrected chi connectivity index (χ2v) is 4.72. The fourth-order valence-corrected chi connectivity index (χ4v) is 2.18. The highest BCUT2D eigenvalue weighted by atomic mass is 16.5. The van der Waals surface area contributed by atoms with Crippen molar-refractivity contribution in [1.82, 2.24) is 0 Å². The second-order valence-electron chi connectivity index (χ2n) is 4.72. The van der Waals surface area contributed by atoms with E-state index in [1.807, 2.05) is 37.3 Å². The van der Waals surface area contributed by atoms with E-state index < -0.39 is 0 Å². The molecule has 4 heteroatoms. The van der Waals surface area contributed by atoms with Crippen LogP contribution in [0.1, 0.15) is 11.1 Å². The molecule has 0 aliphatic heterocycles. The van der Waals surface area contributed by atoms with Crippen molar-refractivity contribution in [2.24, 2.45) is 0 Å². The van der Waals surface area contributed by atoms with E-state index in [0.29, 0.717) is 6.54 Å². The second kappa shape index (κ2) is 6.88. The standard InChI is InChI=1S/C17H21NO3/c1-12-9-14(6-8-16(12)20-3)18-11-13-5-7-15(19-2)10-17(13)21-4/h5-10,18H,11H2,1-4H3. The van der Waals surface area contributed by atoms with Gasteiger partial charge in [0.25, 0.3) is 0 Å². The van der Waals surface area contributed by atoms with Crippen molar-refractivity contribution in [3.63, 3.8) is 0 Å². The Labute approximate surface area is 125 Å². The largest absolute Gasteiger partial charge is 0.497 e. The highest BCUT2D eigenvalue weighted by Crippen LogP contribution is 2.26. The van der Waals surface area contributed by atoms with Crippen molar-refractivity contribution >= 4 is 5.69 Å². The summed E-state index contributed by atoms with van der Waals surface area (Å²) in [5.74, 6) is 2.49. The summed E-state index contributed by atoms with van der Waals surface area (Å²) in [6.45, 7) is 2.71. The van der Waals surface area contributed by atoms with Crippen LogP contribution in [0.3, 0.4) is 0 Å². The Morgan fingerprint density at radius 1 is 0.857 bits per heavy atom. The SMILES string of the molecule is COc1ccc(CNc2ccc(OC)c(C)c2)c(OC)c1. The van der Waals surface area contributed by atoms with E-state index >= 15 is 0 Å². The highest BCUT2D eigenvalue weighted by Gasteiger charge is 2.05. The lowest BCUT2D eigenvalue weighted by Crippen LogP contribution is -2.02. The molecule has 0 atom stereocenters. The summed E-state index contributed by atoms with van der Waals surface area (Å²) >= 11 is 0. The monoisotopic (exact) mass is 287 g/mol. The third-order valence-corrected chi connectivity index (χ3v) is 3.37. The molecule has 0 radical (unpaired) electrons. The lowest BCUT2D eigenvalue weighted by molar-refractivity contribution is 0.391. The Hall–Kier alpha value is -2.36. The van der Waals surface area contributed by atoms with Crippen LogP contribution in [0.4, 0.5) is 5.69 Å². The molecule has 0 bridgehead atoms. The number of anilines is 1. The Kier molecular flexibility index (Phi) is 4.93. The van der Waals surface area contributed by atoms with E-state index in [9.17, 15) is 0 Å². The van der Waals surface area contributed by atoms with Crippen molar-refractivity contribution in [2.45, 2.75) is 13.5 Å². The zero-order valence-corrected chi connectivity index (χ0v) is 12.9. The number of nitrogens with one attached hydrogen (secondary N) is 1. The van der Waals surface area contributed by atoms with Crippen LogP contribution in [0.15, 0.2) is 36.4 Å². The van der Waals surface area contributed by atoms with Gasteiger partial charge in [-0.2, -0.15) is 0 Å². The molecular weight excluding hydrogens is 266 g/mol. The fourth-order valence-electron chi connectivity index (χ4n) is 2.18. The minimum Gasteiger partial charge on any atom is -0.497 e. The molecule has 0 spiro atoms. The van der Waals surface area contributed by atoms with Crippen LogP contribution in [0, 0.1) is 6.92 Å². The number of hydrogen-bond acceptors (Lipinski definition) is 4.